The van der Waals surface area contributed by atoms with Gasteiger partial charge in [0.05, 0.1) is 11.2 Å². The van der Waals surface area contributed by atoms with Crippen LogP contribution in [0.4, 0.5) is 10.1 Å². The highest BCUT2D eigenvalue weighted by atomic mass is 19.1. The summed E-state index contributed by atoms with van der Waals surface area (Å²) in [4.78, 5) is 42.5. The Morgan fingerprint density at radius 1 is 1.09 bits per heavy atom. The molecule has 0 spiro atoms. The molecule has 3 aliphatic rings. The number of nitrogens with one attached hydrogen (secondary N) is 1. The molecule has 8 nitrogen and oxygen atoms in total. The van der Waals surface area contributed by atoms with E-state index in [1.807, 2.05) is 9.47 Å². The predicted octanol–water partition coefficient (Wildman–Crippen LogP) is 2.83. The fraction of sp³-hybridized carbons (Fsp3) is 0.577. The smallest absolute Gasteiger partial charge is 0.344 e. The Hall–Kier alpha value is -2.94. The largest absolute Gasteiger partial charge is 0.452 e. The summed E-state index contributed by atoms with van der Waals surface area (Å²) in [5, 5.41) is 3.03. The van der Waals surface area contributed by atoms with E-state index in [9.17, 15) is 14.4 Å². The molecule has 1 aliphatic heterocycles. The van der Waals surface area contributed by atoms with E-state index in [2.05, 4.69) is 17.1 Å². The van der Waals surface area contributed by atoms with Crippen LogP contribution in [-0.2, 0) is 9.53 Å². The van der Waals surface area contributed by atoms with Gasteiger partial charge in [0.25, 0.3) is 5.91 Å². The van der Waals surface area contributed by atoms with Gasteiger partial charge in [-0.1, -0.05) is 19.8 Å². The van der Waals surface area contributed by atoms with Gasteiger partial charge in [0.2, 0.25) is 5.43 Å². The summed E-state index contributed by atoms with van der Waals surface area (Å²) in [6.45, 7) is 5.81. The molecule has 2 saturated carbocycles. The van der Waals surface area contributed by atoms with Crippen LogP contribution in [0.1, 0.15) is 61.8 Å². The Balaban J connectivity index is 1.40. The molecule has 0 atom stereocenters. The second-order valence-electron chi connectivity index (χ2n) is 9.88. The molecule has 0 radical (unpaired) electrons. The monoisotopic (exact) mass is 484 g/mol. The van der Waals surface area contributed by atoms with E-state index in [-0.39, 0.29) is 28.9 Å². The number of pyridine rings is 1. The topological polar surface area (TPSA) is 83.9 Å². The Morgan fingerprint density at radius 2 is 1.80 bits per heavy atom. The molecular formula is C26H33FN4O4. The van der Waals surface area contributed by atoms with Crippen LogP contribution in [0.5, 0.6) is 0 Å². The third kappa shape index (κ3) is 5.05. The summed E-state index contributed by atoms with van der Waals surface area (Å²) >= 11 is 0. The van der Waals surface area contributed by atoms with Gasteiger partial charge in [-0.15, -0.1) is 0 Å². The molecule has 1 aromatic heterocycles. The number of amides is 1. The molecule has 2 aromatic rings. The maximum atomic E-state index is 15.2. The van der Waals surface area contributed by atoms with Crippen LogP contribution < -0.4 is 15.6 Å². The molecular weight excluding hydrogens is 451 g/mol. The summed E-state index contributed by atoms with van der Waals surface area (Å²) in [7, 11) is 0. The van der Waals surface area contributed by atoms with E-state index in [1.165, 1.54) is 12.3 Å². The van der Waals surface area contributed by atoms with Crippen molar-refractivity contribution in [1.82, 2.24) is 14.8 Å². The molecule has 9 heteroatoms. The highest BCUT2D eigenvalue weighted by molar-refractivity contribution is 5.95. The number of carbonyl (C=O) groups is 2. The number of halogens is 1. The third-order valence-corrected chi connectivity index (χ3v) is 7.48. The summed E-state index contributed by atoms with van der Waals surface area (Å²) in [5.74, 6) is -1.69. The number of likely N-dealkylation sites (N-methyl/N-ethyl adjacent to an activating group) is 1. The third-order valence-electron chi connectivity index (χ3n) is 7.48. The lowest BCUT2D eigenvalue weighted by Crippen LogP contribution is -2.46. The van der Waals surface area contributed by atoms with Crippen molar-refractivity contribution in [3.05, 3.63) is 39.9 Å². The maximum absolute atomic E-state index is 15.2. The number of rotatable bonds is 7. The predicted molar refractivity (Wildman–Crippen MR) is 131 cm³/mol. The first kappa shape index (κ1) is 23.8. The van der Waals surface area contributed by atoms with Crippen molar-refractivity contribution in [1.29, 1.82) is 0 Å². The maximum Gasteiger partial charge on any atom is 0.344 e. The zero-order chi connectivity index (χ0) is 24.5. The Labute approximate surface area is 204 Å². The Bertz CT molecular complexity index is 1180. The van der Waals surface area contributed by atoms with Gasteiger partial charge in [-0.25, -0.2) is 9.18 Å². The number of piperazine rings is 1. The van der Waals surface area contributed by atoms with E-state index >= 15 is 4.39 Å². The Morgan fingerprint density at radius 3 is 2.46 bits per heavy atom. The highest BCUT2D eigenvalue weighted by Gasteiger charge is 2.29. The van der Waals surface area contributed by atoms with Gasteiger partial charge in [0.15, 0.2) is 6.61 Å². The van der Waals surface area contributed by atoms with Crippen molar-refractivity contribution in [2.24, 2.45) is 0 Å². The van der Waals surface area contributed by atoms with Gasteiger partial charge in [-0.2, -0.15) is 0 Å². The minimum Gasteiger partial charge on any atom is -0.452 e. The molecule has 0 bridgehead atoms. The zero-order valence-electron chi connectivity index (χ0n) is 20.2. The zero-order valence-corrected chi connectivity index (χ0v) is 20.2. The average molecular weight is 485 g/mol. The van der Waals surface area contributed by atoms with Crippen LogP contribution in [0.15, 0.2) is 23.1 Å². The van der Waals surface area contributed by atoms with Crippen molar-refractivity contribution in [2.45, 2.75) is 57.5 Å². The summed E-state index contributed by atoms with van der Waals surface area (Å²) in [6.07, 6.45) is 7.40. The summed E-state index contributed by atoms with van der Waals surface area (Å²) in [6, 6.07) is 3.28. The number of nitrogens with zero attached hydrogens (tertiary/aromatic N) is 3. The van der Waals surface area contributed by atoms with E-state index in [4.69, 9.17) is 4.74 Å². The normalized spacial score (nSPS) is 19.3. The van der Waals surface area contributed by atoms with E-state index < -0.39 is 23.8 Å². The van der Waals surface area contributed by atoms with Crippen LogP contribution in [0.2, 0.25) is 0 Å². The molecule has 1 aromatic carbocycles. The molecule has 2 aliphatic carbocycles. The second kappa shape index (κ2) is 9.97. The standard InChI is InChI=1S/C26H33FN4O4/c1-2-29-9-11-30(12-10-29)23-14-22-19(13-21(23)27)25(33)20(15-31(22)18-7-8-18)26(34)35-16-24(32)28-17-5-3-4-6-17/h13-15,17-18H,2-12,16H2,1H3,(H,28,32). The minimum absolute atomic E-state index is 0.121. The number of esters is 1. The molecule has 0 unspecified atom stereocenters. The number of ether oxygens (including phenoxy) is 1. The van der Waals surface area contributed by atoms with E-state index in [0.717, 1.165) is 71.2 Å². The first-order valence-electron chi connectivity index (χ1n) is 12.8. The molecule has 2 heterocycles. The van der Waals surface area contributed by atoms with E-state index in [1.54, 1.807) is 6.07 Å². The van der Waals surface area contributed by atoms with Gasteiger partial charge in [-0.3, -0.25) is 9.59 Å². The molecule has 1 amide bonds. The Kier molecular flexibility index (Phi) is 6.77. The fourth-order valence-corrected chi connectivity index (χ4v) is 5.25. The van der Waals surface area contributed by atoms with Crippen molar-refractivity contribution in [3.63, 3.8) is 0 Å². The van der Waals surface area contributed by atoms with Gasteiger partial charge < -0.3 is 24.4 Å². The van der Waals surface area contributed by atoms with Crippen molar-refractivity contribution in [2.75, 3.05) is 44.2 Å². The van der Waals surface area contributed by atoms with Crippen LogP contribution >= 0.6 is 0 Å². The van der Waals surface area contributed by atoms with Gasteiger partial charge in [0, 0.05) is 49.8 Å². The van der Waals surface area contributed by atoms with Gasteiger partial charge in [-0.05, 0) is 44.4 Å². The van der Waals surface area contributed by atoms with Crippen LogP contribution in [-0.4, -0.2) is 66.7 Å². The molecule has 3 fully saturated rings. The van der Waals surface area contributed by atoms with Crippen molar-refractivity contribution >= 4 is 28.5 Å². The number of aromatic nitrogens is 1. The number of anilines is 1. The number of fused-ring (bicyclic) bond motifs is 1. The summed E-state index contributed by atoms with van der Waals surface area (Å²) in [5.41, 5.74) is 0.379. The number of carbonyl (C=O) groups excluding carboxylic acids is 2. The quantitative estimate of drug-likeness (QED) is 0.609. The molecule has 5 rings (SSSR count). The first-order valence-corrected chi connectivity index (χ1v) is 12.8. The lowest BCUT2D eigenvalue weighted by atomic mass is 10.1. The van der Waals surface area contributed by atoms with Crippen LogP contribution in [0.3, 0.4) is 0 Å². The average Bonchev–Trinajstić information content (AvgIpc) is 3.58. The second-order valence-corrected chi connectivity index (χ2v) is 9.88. The van der Waals surface area contributed by atoms with Crippen LogP contribution in [0, 0.1) is 5.82 Å². The van der Waals surface area contributed by atoms with E-state index in [0.29, 0.717) is 11.2 Å². The summed E-state index contributed by atoms with van der Waals surface area (Å²) < 4.78 is 22.3. The minimum atomic E-state index is -0.854. The molecule has 1 saturated heterocycles. The number of benzene rings is 1. The lowest BCUT2D eigenvalue weighted by Gasteiger charge is -2.35. The van der Waals surface area contributed by atoms with Crippen molar-refractivity contribution < 1.29 is 18.7 Å². The number of hydrogen-bond acceptors (Lipinski definition) is 6. The highest BCUT2D eigenvalue weighted by Crippen LogP contribution is 2.38. The molecule has 188 valence electrons. The molecule has 35 heavy (non-hydrogen) atoms. The van der Waals surface area contributed by atoms with Gasteiger partial charge >= 0.3 is 5.97 Å². The number of hydrogen-bond donors (Lipinski definition) is 1. The van der Waals surface area contributed by atoms with Gasteiger partial charge in [0.1, 0.15) is 11.4 Å². The fourth-order valence-electron chi connectivity index (χ4n) is 5.25. The lowest BCUT2D eigenvalue weighted by molar-refractivity contribution is -0.124. The van der Waals surface area contributed by atoms with Crippen molar-refractivity contribution in [3.8, 4) is 0 Å². The van der Waals surface area contributed by atoms with Crippen LogP contribution in [0.25, 0.3) is 10.9 Å². The molecule has 1 N–H and O–H groups in total. The first-order chi connectivity index (χ1) is 16.9. The SMILES string of the molecule is CCN1CCN(c2cc3c(cc2F)c(=O)c(C(=O)OCC(=O)NC2CCCC2)cn3C2CC2)CC1.